The topological polar surface area (TPSA) is 53.0 Å². The summed E-state index contributed by atoms with van der Waals surface area (Å²) in [6.45, 7) is 0. The fraction of sp³-hybridized carbons (Fsp3) is 0.0870. The molecular weight excluding hydrogens is 510 g/mol. The van der Waals surface area contributed by atoms with Crippen molar-refractivity contribution in [2.45, 2.75) is 6.04 Å². The highest BCUT2D eigenvalue weighted by atomic mass is 79.9. The van der Waals surface area contributed by atoms with Crippen molar-refractivity contribution in [1.82, 2.24) is 0 Å². The zero-order valence-corrected chi connectivity index (χ0v) is 18.7. The lowest BCUT2D eigenvalue weighted by atomic mass is 9.93. The molecule has 0 unspecified atom stereocenters. The molecule has 0 spiro atoms. The first-order chi connectivity index (χ1) is 14.5. The largest absolute Gasteiger partial charge is 0.273 e. The molecule has 5 rings (SSSR count). The zero-order chi connectivity index (χ0) is 20.8. The number of benzene rings is 3. The molecule has 3 aromatic carbocycles. The van der Waals surface area contributed by atoms with E-state index in [1.807, 2.05) is 66.7 Å². The fourth-order valence-corrected chi connectivity index (χ4v) is 4.44. The molecule has 0 saturated carbocycles. The molecule has 0 radical (unpaired) electrons. The number of para-hydroxylation sites is 1. The van der Waals surface area contributed by atoms with Gasteiger partial charge < -0.3 is 0 Å². The molecule has 2 aliphatic heterocycles. The molecular formula is C23H15Br2N3O2. The summed E-state index contributed by atoms with van der Waals surface area (Å²) in [6.07, 6.45) is 0. The van der Waals surface area contributed by atoms with Crippen LogP contribution in [0.25, 0.3) is 0 Å². The molecule has 2 heterocycles. The van der Waals surface area contributed by atoms with E-state index in [9.17, 15) is 9.59 Å². The van der Waals surface area contributed by atoms with Gasteiger partial charge in [-0.05, 0) is 54.1 Å². The molecule has 7 heteroatoms. The van der Waals surface area contributed by atoms with Gasteiger partial charge >= 0.3 is 0 Å². The summed E-state index contributed by atoms with van der Waals surface area (Å²) in [6, 6.07) is 23.6. The molecule has 0 aromatic heterocycles. The predicted molar refractivity (Wildman–Crippen MR) is 124 cm³/mol. The maximum Gasteiger partial charge on any atom is 0.259 e. The van der Waals surface area contributed by atoms with Crippen molar-refractivity contribution >= 4 is 60.8 Å². The van der Waals surface area contributed by atoms with Crippen LogP contribution in [0.15, 0.2) is 92.9 Å². The second-order valence-electron chi connectivity index (χ2n) is 7.08. The Bertz CT molecular complexity index is 1160. The summed E-state index contributed by atoms with van der Waals surface area (Å²) < 4.78 is 1.82. The highest BCUT2D eigenvalue weighted by Gasteiger charge is 2.57. The van der Waals surface area contributed by atoms with E-state index < -0.39 is 12.0 Å². The number of fused-ring (bicyclic) bond motifs is 1. The molecule has 0 N–H and O–H groups in total. The minimum Gasteiger partial charge on any atom is -0.273 e. The Morgan fingerprint density at radius 3 is 1.93 bits per heavy atom. The van der Waals surface area contributed by atoms with E-state index >= 15 is 0 Å². The van der Waals surface area contributed by atoms with E-state index in [0.717, 1.165) is 20.2 Å². The second kappa shape index (κ2) is 7.49. The lowest BCUT2D eigenvalue weighted by molar-refractivity contribution is -0.121. The van der Waals surface area contributed by atoms with E-state index in [0.29, 0.717) is 11.4 Å². The summed E-state index contributed by atoms with van der Waals surface area (Å²) in [5.74, 6) is -1.19. The summed E-state index contributed by atoms with van der Waals surface area (Å²) in [5.41, 5.74) is 2.77. The van der Waals surface area contributed by atoms with Crippen LogP contribution in [0.4, 0.5) is 11.4 Å². The van der Waals surface area contributed by atoms with E-state index in [1.165, 1.54) is 4.90 Å². The number of imide groups is 1. The summed E-state index contributed by atoms with van der Waals surface area (Å²) in [5, 5.41) is 6.43. The number of rotatable bonds is 3. The Morgan fingerprint density at radius 1 is 0.700 bits per heavy atom. The zero-order valence-electron chi connectivity index (χ0n) is 15.6. The molecule has 1 saturated heterocycles. The minimum absolute atomic E-state index is 0.257. The van der Waals surface area contributed by atoms with E-state index in [4.69, 9.17) is 5.10 Å². The molecule has 2 aliphatic rings. The molecule has 3 aromatic rings. The minimum atomic E-state index is -0.706. The van der Waals surface area contributed by atoms with Crippen LogP contribution >= 0.6 is 31.9 Å². The fourth-order valence-electron chi connectivity index (χ4n) is 3.91. The van der Waals surface area contributed by atoms with Crippen LogP contribution in [0.2, 0.25) is 0 Å². The quantitative estimate of drug-likeness (QED) is 0.453. The normalized spacial score (nSPS) is 20.5. The van der Waals surface area contributed by atoms with Crippen LogP contribution in [0.3, 0.4) is 0 Å². The van der Waals surface area contributed by atoms with Crippen molar-refractivity contribution in [2.24, 2.45) is 11.0 Å². The van der Waals surface area contributed by atoms with Gasteiger partial charge in [-0.1, -0.05) is 62.2 Å². The van der Waals surface area contributed by atoms with Gasteiger partial charge in [-0.25, -0.2) is 4.90 Å². The van der Waals surface area contributed by atoms with Gasteiger partial charge in [0.25, 0.3) is 5.91 Å². The van der Waals surface area contributed by atoms with Crippen LogP contribution in [0.1, 0.15) is 5.56 Å². The first kappa shape index (κ1) is 19.2. The van der Waals surface area contributed by atoms with Gasteiger partial charge in [0, 0.05) is 8.95 Å². The number of hydrogen-bond donors (Lipinski definition) is 0. The smallest absolute Gasteiger partial charge is 0.259 e. The number of anilines is 2. The van der Waals surface area contributed by atoms with Crippen molar-refractivity contribution in [2.75, 3.05) is 9.91 Å². The summed E-state index contributed by atoms with van der Waals surface area (Å²) in [4.78, 5) is 28.2. The predicted octanol–water partition coefficient (Wildman–Crippen LogP) is 4.99. The monoisotopic (exact) mass is 523 g/mol. The molecule has 2 atom stereocenters. The van der Waals surface area contributed by atoms with E-state index in [-0.39, 0.29) is 11.8 Å². The number of halogens is 2. The molecule has 148 valence electrons. The molecule has 30 heavy (non-hydrogen) atoms. The van der Waals surface area contributed by atoms with Gasteiger partial charge in [0.05, 0.1) is 17.1 Å². The van der Waals surface area contributed by atoms with Crippen LogP contribution < -0.4 is 9.91 Å². The second-order valence-corrected chi connectivity index (χ2v) is 8.91. The van der Waals surface area contributed by atoms with Crippen LogP contribution in [-0.2, 0) is 9.59 Å². The lowest BCUT2D eigenvalue weighted by Crippen LogP contribution is -2.39. The maximum absolute atomic E-state index is 13.5. The third kappa shape index (κ3) is 3.09. The highest BCUT2D eigenvalue weighted by Crippen LogP contribution is 2.39. The number of hydrazone groups is 1. The van der Waals surface area contributed by atoms with E-state index in [1.54, 1.807) is 17.1 Å². The molecule has 2 amide bonds. The van der Waals surface area contributed by atoms with Crippen LogP contribution in [0.5, 0.6) is 0 Å². The lowest BCUT2D eigenvalue weighted by Gasteiger charge is -2.22. The Kier molecular flexibility index (Phi) is 4.79. The van der Waals surface area contributed by atoms with E-state index in [2.05, 4.69) is 31.9 Å². The first-order valence-corrected chi connectivity index (χ1v) is 11.0. The Hall–Kier alpha value is -2.77. The third-order valence-corrected chi connectivity index (χ3v) is 6.35. The van der Waals surface area contributed by atoms with Crippen molar-refractivity contribution in [3.63, 3.8) is 0 Å². The van der Waals surface area contributed by atoms with Gasteiger partial charge in [-0.2, -0.15) is 5.10 Å². The Morgan fingerprint density at radius 2 is 1.30 bits per heavy atom. The SMILES string of the molecule is O=C1[C@@H]2C(c3ccc(Br)cc3)=NN(c3ccccc3)[C@H]2C(=O)N1c1ccc(Br)cc1. The molecule has 1 fully saturated rings. The third-order valence-electron chi connectivity index (χ3n) is 5.29. The average molecular weight is 525 g/mol. The van der Waals surface area contributed by atoms with Crippen LogP contribution in [0, 0.1) is 5.92 Å². The number of carbonyl (C=O) groups excluding carboxylic acids is 2. The molecule has 5 nitrogen and oxygen atoms in total. The van der Waals surface area contributed by atoms with Crippen molar-refractivity contribution < 1.29 is 9.59 Å². The number of amides is 2. The molecule has 0 bridgehead atoms. The highest BCUT2D eigenvalue weighted by molar-refractivity contribution is 9.10. The van der Waals surface area contributed by atoms with Crippen molar-refractivity contribution in [3.8, 4) is 0 Å². The Labute approximate surface area is 190 Å². The van der Waals surface area contributed by atoms with Gasteiger partial charge in [-0.15, -0.1) is 0 Å². The van der Waals surface area contributed by atoms with Gasteiger partial charge in [-0.3, -0.25) is 14.6 Å². The average Bonchev–Trinajstić information content (AvgIpc) is 3.27. The number of nitrogens with zero attached hydrogens (tertiary/aromatic N) is 3. The van der Waals surface area contributed by atoms with Gasteiger partial charge in [0.2, 0.25) is 5.91 Å². The Balaban J connectivity index is 1.63. The van der Waals surface area contributed by atoms with Crippen LogP contribution in [-0.4, -0.2) is 23.6 Å². The summed E-state index contributed by atoms with van der Waals surface area (Å²) in [7, 11) is 0. The van der Waals surface area contributed by atoms with Crippen molar-refractivity contribution in [1.29, 1.82) is 0 Å². The first-order valence-electron chi connectivity index (χ1n) is 9.37. The van der Waals surface area contributed by atoms with Gasteiger partial charge in [0.1, 0.15) is 12.0 Å². The molecule has 0 aliphatic carbocycles. The summed E-state index contributed by atoms with van der Waals surface area (Å²) >= 11 is 6.84. The number of hydrogen-bond acceptors (Lipinski definition) is 4. The van der Waals surface area contributed by atoms with Gasteiger partial charge in [0.15, 0.2) is 0 Å². The van der Waals surface area contributed by atoms with Crippen molar-refractivity contribution in [3.05, 3.63) is 93.4 Å². The number of carbonyl (C=O) groups is 2. The maximum atomic E-state index is 13.5. The standard InChI is InChI=1S/C23H15Br2N3O2/c24-15-8-6-14(7-9-15)20-19-21(28(26-20)18-4-2-1-3-5-18)23(30)27(22(19)29)17-12-10-16(25)11-13-17/h1-13,19,21H/t19-,21-/m1/s1.